The van der Waals surface area contributed by atoms with Crippen LogP contribution in [-0.2, 0) is 52.3 Å². The molecule has 3 saturated heterocycles. The first-order valence-electron chi connectivity index (χ1n) is 22.3. The van der Waals surface area contributed by atoms with Crippen LogP contribution in [0.3, 0.4) is 0 Å². The second kappa shape index (κ2) is 23.5. The maximum absolute atomic E-state index is 13.7. The summed E-state index contributed by atoms with van der Waals surface area (Å²) in [6.45, 7) is 13.4. The molecule has 4 aliphatic rings. The van der Waals surface area contributed by atoms with E-state index in [1.54, 1.807) is 72.7 Å². The number of allylic oxidation sites excluding steroid dienone is 3. The van der Waals surface area contributed by atoms with Gasteiger partial charge in [-0.05, 0) is 73.5 Å². The quantitative estimate of drug-likeness (QED) is 0.119. The molecule has 0 aromatic carbocycles. The minimum absolute atomic E-state index is 0.0412. The Kier molecular flexibility index (Phi) is 19.9. The molecule has 0 bridgehead atoms. The number of aldehydes is 1. The first kappa shape index (κ1) is 53.3. The SMILES string of the molecule is CC[C@H]1OC(=O)C[C@@H](O)[C@H](C)[C@@H](O[C@@H]2O[C@@H](C)[C@@H](O[C@H]3C[C@@](C)(O)[C@@H](O)[C@H](C)O3)[C@H](N(C)C)[C@H]2O)[C@@H](CC=O)C[C@@H](C)C(=O)/C=C/C(C)=C/C1COC1O[C@H](C)[C@@H](O)[C@@H](OC)[C@H]1O. The van der Waals surface area contributed by atoms with Crippen LogP contribution in [0, 0.1) is 23.7 Å². The summed E-state index contributed by atoms with van der Waals surface area (Å²) in [5, 5.41) is 66.4. The van der Waals surface area contributed by atoms with Gasteiger partial charge in [-0.2, -0.15) is 0 Å². The van der Waals surface area contributed by atoms with Gasteiger partial charge in [0.2, 0.25) is 0 Å². The number of carbonyl (C=O) groups is 3. The van der Waals surface area contributed by atoms with E-state index in [1.165, 1.54) is 20.1 Å². The van der Waals surface area contributed by atoms with Crippen molar-refractivity contribution >= 4 is 18.0 Å². The van der Waals surface area contributed by atoms with Gasteiger partial charge >= 0.3 is 5.97 Å². The number of likely N-dealkylation sites (N-methyl/N-ethyl adjacent to an activating group) is 1. The number of hydrogen-bond donors (Lipinski definition) is 6. The first-order valence-corrected chi connectivity index (χ1v) is 22.3. The number of cyclic esters (lactones) is 1. The smallest absolute Gasteiger partial charge is 0.308 e. The fourth-order valence-electron chi connectivity index (χ4n) is 9.28. The van der Waals surface area contributed by atoms with Crippen LogP contribution >= 0.6 is 0 Å². The third-order valence-corrected chi connectivity index (χ3v) is 13.2. The first-order chi connectivity index (χ1) is 29.5. The van der Waals surface area contributed by atoms with Crippen molar-refractivity contribution < 1.29 is 82.9 Å². The van der Waals surface area contributed by atoms with Crippen LogP contribution in [-0.4, -0.2) is 185 Å². The minimum Gasteiger partial charge on any atom is -0.462 e. The summed E-state index contributed by atoms with van der Waals surface area (Å²) in [6.07, 6.45) is -10.0. The third kappa shape index (κ3) is 13.4. The Bertz CT molecular complexity index is 1540. The summed E-state index contributed by atoms with van der Waals surface area (Å²) in [6, 6.07) is -0.755. The van der Waals surface area contributed by atoms with Crippen molar-refractivity contribution in [2.45, 2.75) is 191 Å². The Balaban J connectivity index is 1.61. The van der Waals surface area contributed by atoms with E-state index in [1.807, 2.05) is 6.92 Å². The normalized spacial score (nSPS) is 46.5. The Morgan fingerprint density at radius 2 is 1.54 bits per heavy atom. The molecule has 4 rings (SSSR count). The van der Waals surface area contributed by atoms with Crippen LogP contribution in [0.15, 0.2) is 23.8 Å². The Labute approximate surface area is 371 Å². The van der Waals surface area contributed by atoms with Gasteiger partial charge in [0.1, 0.15) is 49.0 Å². The molecule has 0 amide bonds. The summed E-state index contributed by atoms with van der Waals surface area (Å²) in [4.78, 5) is 41.4. The van der Waals surface area contributed by atoms with Crippen LogP contribution in [0.2, 0.25) is 0 Å². The lowest BCUT2D eigenvalue weighted by molar-refractivity contribution is -0.341. The lowest BCUT2D eigenvalue weighted by Gasteiger charge is -2.50. The van der Waals surface area contributed by atoms with Gasteiger partial charge in [0.05, 0.1) is 55.2 Å². The Morgan fingerprint density at radius 1 is 0.873 bits per heavy atom. The molecule has 0 radical (unpaired) electrons. The van der Waals surface area contributed by atoms with E-state index < -0.39 is 140 Å². The Hall–Kier alpha value is -2.27. The summed E-state index contributed by atoms with van der Waals surface area (Å²) in [7, 11) is 4.86. The van der Waals surface area contributed by atoms with Crippen molar-refractivity contribution in [3.05, 3.63) is 23.8 Å². The van der Waals surface area contributed by atoms with Crippen molar-refractivity contribution in [3.8, 4) is 0 Å². The average Bonchev–Trinajstić information content (AvgIpc) is 3.21. The van der Waals surface area contributed by atoms with Gasteiger partial charge in [-0.25, -0.2) is 0 Å². The van der Waals surface area contributed by atoms with E-state index in [4.69, 9.17) is 37.9 Å². The molecule has 63 heavy (non-hydrogen) atoms. The van der Waals surface area contributed by atoms with Crippen molar-refractivity contribution in [2.75, 3.05) is 27.8 Å². The third-order valence-electron chi connectivity index (χ3n) is 13.2. The zero-order chi connectivity index (χ0) is 47.1. The molecular formula is C45H75NO17. The number of nitrogens with zero attached hydrogens (tertiary/aromatic N) is 1. The zero-order valence-corrected chi connectivity index (χ0v) is 38.7. The molecular weight excluding hydrogens is 826 g/mol. The molecule has 4 heterocycles. The van der Waals surface area contributed by atoms with Crippen LogP contribution in [0.4, 0.5) is 0 Å². The standard InChI is InChI=1S/C45H75NO17/c1-12-32-29(21-57-43-38(53)41(56-11)36(51)25(5)59-43)17-22(2)13-14-30(48)23(3)18-28(15-16-47)39(24(4)31(49)19-33(50)61-32)63-44-37(52)35(46(9)10)40(26(6)60-44)62-34-20-45(8,55)42(54)27(7)58-34/h13-14,16-17,23-29,31-32,34-44,49,51-55H,12,15,18-21H2,1-11H3/b14-13+,22-17+/t23-,24+,25-,26+,27+,28+,29?,31-,32-,34+,35-,36-,37-,38-,39-,40-,41-,42+,43?,44+,45-/m1/s1. The minimum atomic E-state index is -1.49. The van der Waals surface area contributed by atoms with Crippen LogP contribution in [0.1, 0.15) is 87.5 Å². The number of carbonyl (C=O) groups excluding carboxylic acids is 3. The number of rotatable bonds is 12. The highest BCUT2D eigenvalue weighted by molar-refractivity contribution is 5.91. The lowest BCUT2D eigenvalue weighted by atomic mass is 9.79. The second-order valence-corrected chi connectivity index (χ2v) is 18.5. The topological polar surface area (TPSA) is 250 Å². The van der Waals surface area contributed by atoms with Gasteiger partial charge in [-0.3, -0.25) is 9.59 Å². The van der Waals surface area contributed by atoms with Gasteiger partial charge in [-0.15, -0.1) is 0 Å². The fraction of sp³-hybridized carbons (Fsp3) is 0.844. The molecule has 0 aliphatic carbocycles. The monoisotopic (exact) mass is 902 g/mol. The van der Waals surface area contributed by atoms with Crippen LogP contribution in [0.25, 0.3) is 0 Å². The van der Waals surface area contributed by atoms with Crippen LogP contribution < -0.4 is 0 Å². The fourth-order valence-corrected chi connectivity index (χ4v) is 9.28. The summed E-state index contributed by atoms with van der Waals surface area (Å²) >= 11 is 0. The number of esters is 1. The average molecular weight is 902 g/mol. The predicted molar refractivity (Wildman–Crippen MR) is 226 cm³/mol. The molecule has 2 unspecified atom stereocenters. The van der Waals surface area contributed by atoms with E-state index >= 15 is 0 Å². The van der Waals surface area contributed by atoms with Crippen molar-refractivity contribution in [2.24, 2.45) is 23.7 Å². The van der Waals surface area contributed by atoms with E-state index in [0.717, 1.165) is 0 Å². The number of ether oxygens (including phenoxy) is 8. The van der Waals surface area contributed by atoms with E-state index in [-0.39, 0.29) is 31.7 Å². The molecule has 18 heteroatoms. The second-order valence-electron chi connectivity index (χ2n) is 18.5. The van der Waals surface area contributed by atoms with Gasteiger partial charge in [0.15, 0.2) is 24.7 Å². The van der Waals surface area contributed by atoms with Crippen molar-refractivity contribution in [1.82, 2.24) is 4.90 Å². The largest absolute Gasteiger partial charge is 0.462 e. The molecule has 0 saturated carbocycles. The number of ketones is 1. The summed E-state index contributed by atoms with van der Waals surface area (Å²) < 4.78 is 48.3. The maximum Gasteiger partial charge on any atom is 0.308 e. The molecule has 0 aromatic rings. The summed E-state index contributed by atoms with van der Waals surface area (Å²) in [5.74, 6) is -3.73. The highest BCUT2D eigenvalue weighted by Gasteiger charge is 2.51. The number of aliphatic hydroxyl groups excluding tert-OH is 5. The van der Waals surface area contributed by atoms with Gasteiger partial charge < -0.3 is 78.2 Å². The zero-order valence-electron chi connectivity index (χ0n) is 38.7. The van der Waals surface area contributed by atoms with E-state index in [2.05, 4.69) is 0 Å². The van der Waals surface area contributed by atoms with Gasteiger partial charge in [0.25, 0.3) is 0 Å². The summed E-state index contributed by atoms with van der Waals surface area (Å²) in [5.41, 5.74) is -0.845. The van der Waals surface area contributed by atoms with Gasteiger partial charge in [-0.1, -0.05) is 38.5 Å². The molecule has 0 aromatic heterocycles. The highest BCUT2D eigenvalue weighted by atomic mass is 16.7. The predicted octanol–water partition coefficient (Wildman–Crippen LogP) is 1.18. The van der Waals surface area contributed by atoms with Crippen LogP contribution in [0.5, 0.6) is 0 Å². The molecule has 362 valence electrons. The van der Waals surface area contributed by atoms with Gasteiger partial charge in [0, 0.05) is 37.7 Å². The molecule has 0 spiro atoms. The number of aliphatic hydroxyl groups is 6. The molecule has 4 aliphatic heterocycles. The molecule has 6 N–H and O–H groups in total. The molecule has 18 nitrogen and oxygen atoms in total. The van der Waals surface area contributed by atoms with E-state index in [0.29, 0.717) is 18.3 Å². The highest BCUT2D eigenvalue weighted by Crippen LogP contribution is 2.37. The number of methoxy groups -OCH3 is 1. The van der Waals surface area contributed by atoms with Crippen molar-refractivity contribution in [1.29, 1.82) is 0 Å². The molecule has 21 atom stereocenters. The molecule has 3 fully saturated rings. The number of hydrogen-bond acceptors (Lipinski definition) is 18. The Morgan fingerprint density at radius 3 is 2.14 bits per heavy atom. The van der Waals surface area contributed by atoms with E-state index in [9.17, 15) is 45.0 Å². The van der Waals surface area contributed by atoms with Crippen molar-refractivity contribution in [3.63, 3.8) is 0 Å². The maximum atomic E-state index is 13.7. The lowest BCUT2D eigenvalue weighted by Crippen LogP contribution is -2.65.